The molecule has 90 valence electrons. The lowest BCUT2D eigenvalue weighted by molar-refractivity contribution is 0.294. The van der Waals surface area contributed by atoms with Gasteiger partial charge in [-0.25, -0.2) is 4.98 Å². The largest absolute Gasteiger partial charge is 0.451 e. The summed E-state index contributed by atoms with van der Waals surface area (Å²) in [4.78, 5) is 6.60. The average molecular weight is 244 g/mol. The number of hydrogen-bond acceptors (Lipinski definition) is 4. The molecule has 0 spiro atoms. The fourth-order valence-electron chi connectivity index (χ4n) is 3.07. The minimum Gasteiger partial charge on any atom is -0.451 e. The van der Waals surface area contributed by atoms with Gasteiger partial charge in [0.1, 0.15) is 6.26 Å². The molecule has 0 bridgehead atoms. The summed E-state index contributed by atoms with van der Waals surface area (Å²) in [6, 6.07) is 0.428. The standard InChI is InChI=1S/C11H17N3O.ClH/c12-11-2-1-8-3-14(5-10(8)11)4-9-6-15-7-13-9;/h6-8,10-11H,1-5,12H2;1H. The summed E-state index contributed by atoms with van der Waals surface area (Å²) >= 11 is 0. The quantitative estimate of drug-likeness (QED) is 0.850. The zero-order valence-electron chi connectivity index (χ0n) is 9.21. The summed E-state index contributed by atoms with van der Waals surface area (Å²) in [6.45, 7) is 3.24. The van der Waals surface area contributed by atoms with Crippen LogP contribution >= 0.6 is 12.4 Å². The highest BCUT2D eigenvalue weighted by molar-refractivity contribution is 5.85. The lowest BCUT2D eigenvalue weighted by atomic mass is 9.98. The Balaban J connectivity index is 0.000000963. The molecular weight excluding hydrogens is 226 g/mol. The van der Waals surface area contributed by atoms with Crippen LogP contribution in [0, 0.1) is 11.8 Å². The first-order valence-corrected chi connectivity index (χ1v) is 5.68. The smallest absolute Gasteiger partial charge is 0.180 e. The van der Waals surface area contributed by atoms with E-state index in [1.165, 1.54) is 25.8 Å². The maximum atomic E-state index is 6.09. The number of oxazole rings is 1. The highest BCUT2D eigenvalue weighted by atomic mass is 35.5. The van der Waals surface area contributed by atoms with Crippen molar-refractivity contribution in [3.8, 4) is 0 Å². The van der Waals surface area contributed by atoms with E-state index in [1.807, 2.05) is 0 Å². The lowest BCUT2D eigenvalue weighted by Gasteiger charge is -2.16. The zero-order chi connectivity index (χ0) is 10.3. The van der Waals surface area contributed by atoms with E-state index in [1.54, 1.807) is 6.26 Å². The van der Waals surface area contributed by atoms with Crippen LogP contribution in [0.25, 0.3) is 0 Å². The van der Waals surface area contributed by atoms with Crippen molar-refractivity contribution in [2.75, 3.05) is 13.1 Å². The van der Waals surface area contributed by atoms with Crippen molar-refractivity contribution >= 4 is 12.4 Å². The summed E-state index contributed by atoms with van der Waals surface area (Å²) < 4.78 is 4.98. The van der Waals surface area contributed by atoms with Gasteiger partial charge in [0.2, 0.25) is 0 Å². The Hall–Kier alpha value is -0.580. The van der Waals surface area contributed by atoms with Gasteiger partial charge < -0.3 is 10.2 Å². The van der Waals surface area contributed by atoms with Crippen LogP contribution in [0.3, 0.4) is 0 Å². The number of fused-ring (bicyclic) bond motifs is 1. The first kappa shape index (κ1) is 11.9. The third kappa shape index (κ3) is 2.10. The van der Waals surface area contributed by atoms with Crippen molar-refractivity contribution in [2.45, 2.75) is 25.4 Å². The molecule has 5 heteroatoms. The monoisotopic (exact) mass is 243 g/mol. The third-order valence-electron chi connectivity index (χ3n) is 3.86. The third-order valence-corrected chi connectivity index (χ3v) is 3.86. The predicted molar refractivity (Wildman–Crippen MR) is 63.2 cm³/mol. The Morgan fingerprint density at radius 1 is 1.44 bits per heavy atom. The van der Waals surface area contributed by atoms with Crippen molar-refractivity contribution in [1.29, 1.82) is 0 Å². The molecule has 0 radical (unpaired) electrons. The molecule has 1 aromatic heterocycles. The van der Waals surface area contributed by atoms with Gasteiger partial charge in [-0.05, 0) is 24.7 Å². The maximum absolute atomic E-state index is 6.09. The molecule has 3 unspecified atom stereocenters. The van der Waals surface area contributed by atoms with Crippen LogP contribution in [0.1, 0.15) is 18.5 Å². The van der Waals surface area contributed by atoms with E-state index in [0.717, 1.165) is 30.6 Å². The van der Waals surface area contributed by atoms with Crippen LogP contribution in [0.5, 0.6) is 0 Å². The van der Waals surface area contributed by atoms with Gasteiger partial charge in [0.05, 0.1) is 5.69 Å². The number of halogens is 1. The topological polar surface area (TPSA) is 55.3 Å². The number of likely N-dealkylation sites (tertiary alicyclic amines) is 1. The number of nitrogens with zero attached hydrogens (tertiary/aromatic N) is 2. The van der Waals surface area contributed by atoms with E-state index >= 15 is 0 Å². The van der Waals surface area contributed by atoms with Gasteiger partial charge in [-0.15, -0.1) is 12.4 Å². The fourth-order valence-corrected chi connectivity index (χ4v) is 3.07. The molecule has 0 amide bonds. The molecule has 1 aliphatic heterocycles. The van der Waals surface area contributed by atoms with Crippen LogP contribution in [-0.2, 0) is 6.54 Å². The summed E-state index contributed by atoms with van der Waals surface area (Å²) in [7, 11) is 0. The molecule has 16 heavy (non-hydrogen) atoms. The molecule has 0 aromatic carbocycles. The average Bonchev–Trinajstić information content (AvgIpc) is 2.88. The van der Waals surface area contributed by atoms with Gasteiger partial charge in [0, 0.05) is 25.7 Å². The second-order valence-electron chi connectivity index (χ2n) is 4.84. The van der Waals surface area contributed by atoms with E-state index < -0.39 is 0 Å². The summed E-state index contributed by atoms with van der Waals surface area (Å²) in [5, 5.41) is 0. The molecule has 3 rings (SSSR count). The summed E-state index contributed by atoms with van der Waals surface area (Å²) in [5.41, 5.74) is 7.13. The molecule has 1 saturated heterocycles. The van der Waals surface area contributed by atoms with Gasteiger partial charge in [-0.1, -0.05) is 0 Å². The number of aromatic nitrogens is 1. The molecule has 2 heterocycles. The Morgan fingerprint density at radius 3 is 3.00 bits per heavy atom. The van der Waals surface area contributed by atoms with E-state index in [9.17, 15) is 0 Å². The van der Waals surface area contributed by atoms with Gasteiger partial charge in [0.15, 0.2) is 6.39 Å². The van der Waals surface area contributed by atoms with Crippen LogP contribution in [0.4, 0.5) is 0 Å². The SMILES string of the molecule is Cl.NC1CCC2CN(Cc3cocn3)CC12. The van der Waals surface area contributed by atoms with Crippen LogP contribution in [0.2, 0.25) is 0 Å². The van der Waals surface area contributed by atoms with Crippen molar-refractivity contribution < 1.29 is 4.42 Å². The second-order valence-corrected chi connectivity index (χ2v) is 4.84. The predicted octanol–water partition coefficient (Wildman–Crippen LogP) is 1.27. The number of hydrogen-bond donors (Lipinski definition) is 1. The molecule has 4 nitrogen and oxygen atoms in total. The van der Waals surface area contributed by atoms with E-state index in [4.69, 9.17) is 10.2 Å². The van der Waals surface area contributed by atoms with Crippen LogP contribution in [0.15, 0.2) is 17.1 Å². The van der Waals surface area contributed by atoms with Crippen molar-refractivity contribution in [3.05, 3.63) is 18.4 Å². The molecule has 1 aromatic rings. The van der Waals surface area contributed by atoms with E-state index in [2.05, 4.69) is 9.88 Å². The van der Waals surface area contributed by atoms with Crippen LogP contribution in [-0.4, -0.2) is 29.0 Å². The van der Waals surface area contributed by atoms with Gasteiger partial charge in [-0.3, -0.25) is 4.90 Å². The highest BCUT2D eigenvalue weighted by Crippen LogP contribution is 2.37. The van der Waals surface area contributed by atoms with Gasteiger partial charge in [-0.2, -0.15) is 0 Å². The number of nitrogens with two attached hydrogens (primary N) is 1. The van der Waals surface area contributed by atoms with Gasteiger partial charge >= 0.3 is 0 Å². The van der Waals surface area contributed by atoms with E-state index in [0.29, 0.717) is 6.04 Å². The first-order valence-electron chi connectivity index (χ1n) is 5.68. The van der Waals surface area contributed by atoms with Crippen LogP contribution < -0.4 is 5.73 Å². The summed E-state index contributed by atoms with van der Waals surface area (Å²) in [5.74, 6) is 1.55. The maximum Gasteiger partial charge on any atom is 0.180 e. The highest BCUT2D eigenvalue weighted by Gasteiger charge is 2.40. The Labute approximate surface area is 102 Å². The van der Waals surface area contributed by atoms with Crippen molar-refractivity contribution in [3.63, 3.8) is 0 Å². The Morgan fingerprint density at radius 2 is 2.31 bits per heavy atom. The molecule has 2 N–H and O–H groups in total. The minimum atomic E-state index is 0. The molecule has 2 fully saturated rings. The normalized spacial score (nSPS) is 33.7. The molecule has 3 atom stereocenters. The Bertz CT molecular complexity index is 330. The molecule has 2 aliphatic rings. The molecular formula is C11H18ClN3O. The lowest BCUT2D eigenvalue weighted by Crippen LogP contribution is -2.30. The van der Waals surface area contributed by atoms with E-state index in [-0.39, 0.29) is 12.4 Å². The van der Waals surface area contributed by atoms with Gasteiger partial charge in [0.25, 0.3) is 0 Å². The molecule has 1 aliphatic carbocycles. The summed E-state index contributed by atoms with van der Waals surface area (Å²) in [6.07, 6.45) is 5.75. The number of rotatable bonds is 2. The first-order chi connectivity index (χ1) is 7.33. The van der Waals surface area contributed by atoms with Crippen molar-refractivity contribution in [1.82, 2.24) is 9.88 Å². The fraction of sp³-hybridized carbons (Fsp3) is 0.727. The molecule has 1 saturated carbocycles. The van der Waals surface area contributed by atoms with Crippen molar-refractivity contribution in [2.24, 2.45) is 17.6 Å². The second kappa shape index (κ2) is 4.73. The Kier molecular flexibility index (Phi) is 3.52. The zero-order valence-corrected chi connectivity index (χ0v) is 10.0. The minimum absolute atomic E-state index is 0.